The number of carbonyl (C=O) groups is 1. The number of fused-ring (bicyclic) bond motifs is 1. The summed E-state index contributed by atoms with van der Waals surface area (Å²) < 4.78 is 0. The van der Waals surface area contributed by atoms with Gasteiger partial charge in [0.05, 0.1) is 0 Å². The van der Waals surface area contributed by atoms with E-state index in [0.29, 0.717) is 11.7 Å². The maximum Gasteiger partial charge on any atom is 0.242 e. The van der Waals surface area contributed by atoms with E-state index in [4.69, 9.17) is 11.6 Å². The molecule has 6 heteroatoms. The first-order valence-corrected chi connectivity index (χ1v) is 7.05. The van der Waals surface area contributed by atoms with Gasteiger partial charge >= 0.3 is 0 Å². The molecular weight excluding hydrogens is 276 g/mol. The van der Waals surface area contributed by atoms with Gasteiger partial charge in [-0.2, -0.15) is 0 Å². The first kappa shape index (κ1) is 13.1. The summed E-state index contributed by atoms with van der Waals surface area (Å²) >= 11 is 6.10. The fourth-order valence-corrected chi connectivity index (χ4v) is 2.85. The molecule has 1 saturated heterocycles. The van der Waals surface area contributed by atoms with Gasteiger partial charge < -0.3 is 10.2 Å². The van der Waals surface area contributed by atoms with Gasteiger partial charge in [-0.25, -0.2) is 0 Å². The highest BCUT2D eigenvalue weighted by Gasteiger charge is 2.30. The van der Waals surface area contributed by atoms with E-state index in [1.807, 2.05) is 36.1 Å². The number of rotatable bonds is 2. The van der Waals surface area contributed by atoms with Crippen molar-refractivity contribution >= 4 is 34.1 Å². The molecule has 3 rings (SSSR count). The smallest absolute Gasteiger partial charge is 0.242 e. The molecule has 1 unspecified atom stereocenters. The third-order valence-electron chi connectivity index (χ3n) is 3.61. The third-order valence-corrected chi connectivity index (χ3v) is 3.89. The molecule has 0 aliphatic carbocycles. The summed E-state index contributed by atoms with van der Waals surface area (Å²) in [4.78, 5) is 14.0. The molecule has 1 amide bonds. The van der Waals surface area contributed by atoms with Crippen LogP contribution < -0.4 is 10.2 Å². The van der Waals surface area contributed by atoms with Crippen molar-refractivity contribution in [3.8, 4) is 0 Å². The summed E-state index contributed by atoms with van der Waals surface area (Å²) in [6.07, 6.45) is 0.727. The molecule has 1 atom stereocenters. The summed E-state index contributed by atoms with van der Waals surface area (Å²) in [5, 5.41) is 13.3. The highest BCUT2D eigenvalue weighted by atomic mass is 35.5. The Hall–Kier alpha value is -1.88. The largest absolute Gasteiger partial charge is 0.353 e. The summed E-state index contributed by atoms with van der Waals surface area (Å²) in [6, 6.07) is 7.53. The van der Waals surface area contributed by atoms with Crippen LogP contribution in [0.5, 0.6) is 0 Å². The Kier molecular flexibility index (Phi) is 3.44. The van der Waals surface area contributed by atoms with Gasteiger partial charge in [0.25, 0.3) is 0 Å². The highest BCUT2D eigenvalue weighted by Crippen LogP contribution is 2.30. The monoisotopic (exact) mass is 290 g/mol. The average molecular weight is 291 g/mol. The molecule has 1 aliphatic rings. The number of anilines is 1. The van der Waals surface area contributed by atoms with E-state index in [-0.39, 0.29) is 11.9 Å². The number of hydrogen-bond acceptors (Lipinski definition) is 4. The van der Waals surface area contributed by atoms with E-state index in [1.54, 1.807) is 0 Å². The van der Waals surface area contributed by atoms with Gasteiger partial charge in [0.2, 0.25) is 5.91 Å². The molecule has 104 valence electrons. The van der Waals surface area contributed by atoms with Gasteiger partial charge in [0.15, 0.2) is 11.0 Å². The Bertz CT molecular complexity index is 661. The predicted molar refractivity (Wildman–Crippen MR) is 79.0 cm³/mol. The van der Waals surface area contributed by atoms with Crippen molar-refractivity contribution in [2.45, 2.75) is 19.4 Å². The Morgan fingerprint density at radius 1 is 1.35 bits per heavy atom. The fourth-order valence-electron chi connectivity index (χ4n) is 2.64. The van der Waals surface area contributed by atoms with Gasteiger partial charge in [-0.3, -0.25) is 4.79 Å². The van der Waals surface area contributed by atoms with E-state index < -0.39 is 0 Å². The van der Waals surface area contributed by atoms with Crippen LogP contribution in [0.1, 0.15) is 13.3 Å². The number of benzene rings is 1. The van der Waals surface area contributed by atoms with Crippen LogP contribution in [0, 0.1) is 0 Å². The van der Waals surface area contributed by atoms with Gasteiger partial charge in [-0.05, 0) is 6.42 Å². The van der Waals surface area contributed by atoms with Crippen LogP contribution in [-0.2, 0) is 4.79 Å². The molecule has 1 fully saturated rings. The number of piperazine rings is 1. The summed E-state index contributed by atoms with van der Waals surface area (Å²) in [7, 11) is 0. The van der Waals surface area contributed by atoms with Crippen LogP contribution in [0.15, 0.2) is 24.3 Å². The molecule has 1 aromatic heterocycles. The molecule has 0 bridgehead atoms. The quantitative estimate of drug-likeness (QED) is 0.919. The Balaban J connectivity index is 2.14. The molecule has 5 nitrogen and oxygen atoms in total. The van der Waals surface area contributed by atoms with Crippen LogP contribution >= 0.6 is 11.6 Å². The molecular formula is C14H15ClN4O. The van der Waals surface area contributed by atoms with Gasteiger partial charge in [0, 0.05) is 23.9 Å². The van der Waals surface area contributed by atoms with Crippen molar-refractivity contribution in [1.82, 2.24) is 15.5 Å². The van der Waals surface area contributed by atoms with Crippen LogP contribution in [0.25, 0.3) is 10.8 Å². The van der Waals surface area contributed by atoms with Gasteiger partial charge in [-0.15, -0.1) is 10.2 Å². The van der Waals surface area contributed by atoms with Crippen LogP contribution in [0.2, 0.25) is 5.15 Å². The molecule has 0 saturated carbocycles. The number of amides is 1. The maximum absolute atomic E-state index is 12.0. The zero-order valence-electron chi connectivity index (χ0n) is 11.1. The van der Waals surface area contributed by atoms with E-state index in [1.165, 1.54) is 0 Å². The average Bonchev–Trinajstić information content (AvgIpc) is 2.48. The highest BCUT2D eigenvalue weighted by molar-refractivity contribution is 6.34. The van der Waals surface area contributed by atoms with E-state index >= 15 is 0 Å². The van der Waals surface area contributed by atoms with Crippen LogP contribution in [-0.4, -0.2) is 35.2 Å². The number of carbonyl (C=O) groups excluding carboxylic acids is 1. The Morgan fingerprint density at radius 2 is 2.10 bits per heavy atom. The molecule has 1 N–H and O–H groups in total. The molecule has 0 spiro atoms. The zero-order chi connectivity index (χ0) is 14.1. The van der Waals surface area contributed by atoms with E-state index in [9.17, 15) is 4.79 Å². The van der Waals surface area contributed by atoms with Crippen LogP contribution in [0.3, 0.4) is 0 Å². The lowest BCUT2D eigenvalue weighted by Gasteiger charge is -2.35. The van der Waals surface area contributed by atoms with Crippen LogP contribution in [0.4, 0.5) is 5.82 Å². The van der Waals surface area contributed by atoms with Crippen molar-refractivity contribution in [2.75, 3.05) is 18.0 Å². The molecule has 1 aromatic carbocycles. The first-order chi connectivity index (χ1) is 9.72. The van der Waals surface area contributed by atoms with Gasteiger partial charge in [-0.1, -0.05) is 42.8 Å². The fraction of sp³-hybridized carbons (Fsp3) is 0.357. The number of nitrogens with zero attached hydrogens (tertiary/aromatic N) is 3. The second-order valence-corrected chi connectivity index (χ2v) is 5.13. The topological polar surface area (TPSA) is 58.1 Å². The molecule has 2 heterocycles. The number of halogens is 1. The lowest BCUT2D eigenvalue weighted by atomic mass is 10.1. The van der Waals surface area contributed by atoms with Crippen molar-refractivity contribution in [3.05, 3.63) is 29.4 Å². The summed E-state index contributed by atoms with van der Waals surface area (Å²) in [5.41, 5.74) is 0. The normalized spacial score (nSPS) is 19.2. The third kappa shape index (κ3) is 2.08. The van der Waals surface area contributed by atoms with Crippen molar-refractivity contribution in [1.29, 1.82) is 0 Å². The zero-order valence-corrected chi connectivity index (χ0v) is 11.9. The SMILES string of the molecule is CCC1C(=O)NCCN1c1nnc(Cl)c2ccccc12. The predicted octanol–water partition coefficient (Wildman–Crippen LogP) is 2.00. The second-order valence-electron chi connectivity index (χ2n) is 4.77. The van der Waals surface area contributed by atoms with Gasteiger partial charge in [0.1, 0.15) is 6.04 Å². The summed E-state index contributed by atoms with van der Waals surface area (Å²) in [5.74, 6) is 0.770. The van der Waals surface area contributed by atoms with Crippen molar-refractivity contribution in [2.24, 2.45) is 0 Å². The number of aromatic nitrogens is 2. The minimum absolute atomic E-state index is 0.0413. The summed E-state index contributed by atoms with van der Waals surface area (Å²) in [6.45, 7) is 3.34. The minimum atomic E-state index is -0.206. The lowest BCUT2D eigenvalue weighted by molar-refractivity contribution is -0.123. The lowest BCUT2D eigenvalue weighted by Crippen LogP contribution is -2.55. The standard InChI is InChI=1S/C14H15ClN4O/c1-2-11-14(20)16-7-8-19(11)13-10-6-4-3-5-9(10)12(15)17-18-13/h3-6,11H,2,7-8H2,1H3,(H,16,20). The molecule has 2 aromatic rings. The number of nitrogens with one attached hydrogen (secondary N) is 1. The maximum atomic E-state index is 12.0. The number of hydrogen-bond donors (Lipinski definition) is 1. The molecule has 0 radical (unpaired) electrons. The Labute approximate surface area is 121 Å². The van der Waals surface area contributed by atoms with Crippen molar-refractivity contribution in [3.63, 3.8) is 0 Å². The second kappa shape index (κ2) is 5.25. The Morgan fingerprint density at radius 3 is 2.85 bits per heavy atom. The first-order valence-electron chi connectivity index (χ1n) is 6.67. The molecule has 20 heavy (non-hydrogen) atoms. The molecule has 1 aliphatic heterocycles. The van der Waals surface area contributed by atoms with E-state index in [0.717, 1.165) is 29.6 Å². The minimum Gasteiger partial charge on any atom is -0.353 e. The van der Waals surface area contributed by atoms with Crippen molar-refractivity contribution < 1.29 is 4.79 Å². The van der Waals surface area contributed by atoms with E-state index in [2.05, 4.69) is 15.5 Å².